The van der Waals surface area contributed by atoms with Crippen LogP contribution in [0.1, 0.15) is 11.3 Å². The van der Waals surface area contributed by atoms with Crippen LogP contribution in [0.25, 0.3) is 10.9 Å². The SMILES string of the molecule is CSc1ccc2c(C)cc(NCCc3cnc[nH]3)nc2c1. The van der Waals surface area contributed by atoms with Crippen molar-refractivity contribution < 1.29 is 0 Å². The minimum atomic E-state index is 0.836. The summed E-state index contributed by atoms with van der Waals surface area (Å²) in [5, 5.41) is 4.60. The van der Waals surface area contributed by atoms with E-state index in [4.69, 9.17) is 4.98 Å². The maximum atomic E-state index is 4.71. The van der Waals surface area contributed by atoms with Crippen molar-refractivity contribution in [1.82, 2.24) is 15.0 Å². The molecule has 0 saturated carbocycles. The van der Waals surface area contributed by atoms with E-state index in [1.807, 2.05) is 6.20 Å². The van der Waals surface area contributed by atoms with Crippen LogP contribution in [0.5, 0.6) is 0 Å². The molecule has 1 aromatic carbocycles. The number of aromatic amines is 1. The second-order valence-electron chi connectivity index (χ2n) is 4.96. The molecule has 0 unspecified atom stereocenters. The molecule has 0 bridgehead atoms. The molecule has 0 aliphatic heterocycles. The van der Waals surface area contributed by atoms with Crippen molar-refractivity contribution in [1.29, 1.82) is 0 Å². The number of nitrogens with one attached hydrogen (secondary N) is 2. The maximum Gasteiger partial charge on any atom is 0.126 e. The minimum Gasteiger partial charge on any atom is -0.370 e. The van der Waals surface area contributed by atoms with Crippen LogP contribution in [-0.4, -0.2) is 27.8 Å². The number of imidazole rings is 1. The number of H-pyrrole nitrogens is 1. The van der Waals surface area contributed by atoms with E-state index in [1.54, 1.807) is 18.1 Å². The molecule has 4 nitrogen and oxygen atoms in total. The van der Waals surface area contributed by atoms with Gasteiger partial charge in [-0.15, -0.1) is 11.8 Å². The van der Waals surface area contributed by atoms with E-state index in [9.17, 15) is 0 Å². The number of aromatic nitrogens is 3. The zero-order valence-corrected chi connectivity index (χ0v) is 13.0. The molecule has 2 aromatic heterocycles. The monoisotopic (exact) mass is 298 g/mol. The molecule has 108 valence electrons. The fourth-order valence-electron chi connectivity index (χ4n) is 2.35. The topological polar surface area (TPSA) is 53.6 Å². The van der Waals surface area contributed by atoms with Crippen molar-refractivity contribution >= 4 is 28.5 Å². The highest BCUT2D eigenvalue weighted by atomic mass is 32.2. The zero-order valence-electron chi connectivity index (χ0n) is 12.2. The molecular formula is C16H18N4S. The van der Waals surface area contributed by atoms with Crippen molar-refractivity contribution in [2.75, 3.05) is 18.1 Å². The van der Waals surface area contributed by atoms with E-state index in [0.29, 0.717) is 0 Å². The Morgan fingerprint density at radius 1 is 1.29 bits per heavy atom. The average molecular weight is 298 g/mol. The van der Waals surface area contributed by atoms with Crippen molar-refractivity contribution in [3.05, 3.63) is 48.0 Å². The zero-order chi connectivity index (χ0) is 14.7. The lowest BCUT2D eigenvalue weighted by atomic mass is 10.1. The molecule has 2 N–H and O–H groups in total. The summed E-state index contributed by atoms with van der Waals surface area (Å²) in [5.41, 5.74) is 3.42. The quantitative estimate of drug-likeness (QED) is 0.706. The summed E-state index contributed by atoms with van der Waals surface area (Å²) in [6, 6.07) is 8.55. The molecule has 3 aromatic rings. The number of anilines is 1. The molecule has 0 spiro atoms. The van der Waals surface area contributed by atoms with Gasteiger partial charge in [0.2, 0.25) is 0 Å². The van der Waals surface area contributed by atoms with Gasteiger partial charge in [-0.1, -0.05) is 6.07 Å². The van der Waals surface area contributed by atoms with Crippen LogP contribution >= 0.6 is 11.8 Å². The lowest BCUT2D eigenvalue weighted by Crippen LogP contribution is -2.07. The normalized spacial score (nSPS) is 11.0. The van der Waals surface area contributed by atoms with Crippen LogP contribution in [0, 0.1) is 6.92 Å². The summed E-state index contributed by atoms with van der Waals surface area (Å²) in [6.45, 7) is 2.96. The molecule has 21 heavy (non-hydrogen) atoms. The molecule has 0 amide bonds. The summed E-state index contributed by atoms with van der Waals surface area (Å²) in [6.07, 6.45) is 6.55. The molecule has 5 heteroatoms. The van der Waals surface area contributed by atoms with E-state index in [1.165, 1.54) is 15.8 Å². The number of benzene rings is 1. The number of fused-ring (bicyclic) bond motifs is 1. The van der Waals surface area contributed by atoms with Crippen LogP contribution in [0.15, 0.2) is 41.7 Å². The van der Waals surface area contributed by atoms with E-state index >= 15 is 0 Å². The summed E-state index contributed by atoms with van der Waals surface area (Å²) >= 11 is 1.74. The Labute approximate surface area is 128 Å². The molecule has 0 aliphatic rings. The lowest BCUT2D eigenvalue weighted by molar-refractivity contribution is 0.969. The van der Waals surface area contributed by atoms with Crippen LogP contribution in [0.4, 0.5) is 5.82 Å². The summed E-state index contributed by atoms with van der Waals surface area (Å²) < 4.78 is 0. The van der Waals surface area contributed by atoms with E-state index < -0.39 is 0 Å². The predicted octanol–water partition coefficient (Wildman–Crippen LogP) is 3.64. The highest BCUT2D eigenvalue weighted by molar-refractivity contribution is 7.98. The Kier molecular flexibility index (Phi) is 4.10. The molecule has 0 fully saturated rings. The minimum absolute atomic E-state index is 0.836. The molecule has 0 radical (unpaired) electrons. The molecule has 0 atom stereocenters. The highest BCUT2D eigenvalue weighted by Crippen LogP contribution is 2.24. The van der Waals surface area contributed by atoms with Gasteiger partial charge < -0.3 is 10.3 Å². The average Bonchev–Trinajstić information content (AvgIpc) is 3.00. The van der Waals surface area contributed by atoms with Gasteiger partial charge in [0.05, 0.1) is 11.8 Å². The number of hydrogen-bond donors (Lipinski definition) is 2. The van der Waals surface area contributed by atoms with Gasteiger partial charge in [-0.3, -0.25) is 0 Å². The number of pyridine rings is 1. The predicted molar refractivity (Wildman–Crippen MR) is 89.0 cm³/mol. The van der Waals surface area contributed by atoms with Gasteiger partial charge in [0, 0.05) is 35.1 Å². The third kappa shape index (κ3) is 3.19. The van der Waals surface area contributed by atoms with Crippen molar-refractivity contribution in [3.8, 4) is 0 Å². The molecule has 2 heterocycles. The molecular weight excluding hydrogens is 280 g/mol. The van der Waals surface area contributed by atoms with Gasteiger partial charge in [-0.2, -0.15) is 0 Å². The van der Waals surface area contributed by atoms with Crippen LogP contribution < -0.4 is 5.32 Å². The number of aryl methyl sites for hydroxylation is 1. The van der Waals surface area contributed by atoms with Crippen molar-refractivity contribution in [2.45, 2.75) is 18.2 Å². The first kappa shape index (κ1) is 13.9. The largest absolute Gasteiger partial charge is 0.370 e. The maximum absolute atomic E-state index is 4.71. The van der Waals surface area contributed by atoms with Crippen molar-refractivity contribution in [3.63, 3.8) is 0 Å². The Morgan fingerprint density at radius 3 is 2.95 bits per heavy atom. The first-order valence-electron chi connectivity index (χ1n) is 6.93. The Balaban J connectivity index is 1.78. The van der Waals surface area contributed by atoms with E-state index in [0.717, 1.165) is 30.0 Å². The number of thioether (sulfide) groups is 1. The number of hydrogen-bond acceptors (Lipinski definition) is 4. The lowest BCUT2D eigenvalue weighted by Gasteiger charge is -2.09. The number of rotatable bonds is 5. The van der Waals surface area contributed by atoms with E-state index in [2.05, 4.69) is 52.7 Å². The summed E-state index contributed by atoms with van der Waals surface area (Å²) in [4.78, 5) is 13.1. The smallest absolute Gasteiger partial charge is 0.126 e. The number of nitrogens with zero attached hydrogens (tertiary/aromatic N) is 2. The van der Waals surface area contributed by atoms with Gasteiger partial charge in [0.15, 0.2) is 0 Å². The van der Waals surface area contributed by atoms with Gasteiger partial charge in [-0.25, -0.2) is 9.97 Å². The summed E-state index contributed by atoms with van der Waals surface area (Å²) in [5.74, 6) is 0.928. The van der Waals surface area contributed by atoms with Crippen LogP contribution in [-0.2, 0) is 6.42 Å². The van der Waals surface area contributed by atoms with Crippen LogP contribution in [0.3, 0.4) is 0 Å². The fourth-order valence-corrected chi connectivity index (χ4v) is 2.78. The Hall–Kier alpha value is -2.01. The fraction of sp³-hybridized carbons (Fsp3) is 0.250. The second kappa shape index (κ2) is 6.18. The first-order valence-corrected chi connectivity index (χ1v) is 8.15. The van der Waals surface area contributed by atoms with Gasteiger partial charge in [0.25, 0.3) is 0 Å². The van der Waals surface area contributed by atoms with E-state index in [-0.39, 0.29) is 0 Å². The molecule has 0 saturated heterocycles. The highest BCUT2D eigenvalue weighted by Gasteiger charge is 2.04. The standard InChI is InChI=1S/C16H18N4S/c1-11-7-16(18-6-5-12-9-17-10-19-12)20-15-8-13(21-2)3-4-14(11)15/h3-4,7-10H,5-6H2,1-2H3,(H,17,19)(H,18,20). The molecule has 3 rings (SSSR count). The Morgan fingerprint density at radius 2 is 2.19 bits per heavy atom. The van der Waals surface area contributed by atoms with Gasteiger partial charge in [0.1, 0.15) is 5.82 Å². The summed E-state index contributed by atoms with van der Waals surface area (Å²) in [7, 11) is 0. The second-order valence-corrected chi connectivity index (χ2v) is 5.84. The third-order valence-corrected chi connectivity index (χ3v) is 4.20. The third-order valence-electron chi connectivity index (χ3n) is 3.48. The van der Waals surface area contributed by atoms with Crippen molar-refractivity contribution in [2.24, 2.45) is 0 Å². The molecule has 0 aliphatic carbocycles. The Bertz CT molecular complexity index is 737. The van der Waals surface area contributed by atoms with Gasteiger partial charge >= 0.3 is 0 Å². The van der Waals surface area contributed by atoms with Gasteiger partial charge in [-0.05, 0) is 36.9 Å². The van der Waals surface area contributed by atoms with Crippen LogP contribution in [0.2, 0.25) is 0 Å². The first-order chi connectivity index (χ1) is 10.3.